The third kappa shape index (κ3) is 4.28. The maximum Gasteiger partial charge on any atom is 0.172 e. The molecule has 0 aromatic rings. The Morgan fingerprint density at radius 2 is 1.53 bits per heavy atom. The summed E-state index contributed by atoms with van der Waals surface area (Å²) < 4.78 is 6.64. The highest BCUT2D eigenvalue weighted by molar-refractivity contribution is 9.39. The summed E-state index contributed by atoms with van der Waals surface area (Å²) in [4.78, 5) is 0. The minimum Gasteiger partial charge on any atom is -0.415 e. The van der Waals surface area contributed by atoms with Crippen molar-refractivity contribution < 1.29 is 4.43 Å². The van der Waals surface area contributed by atoms with Crippen molar-refractivity contribution in [2.75, 3.05) is 0 Å². The lowest BCUT2D eigenvalue weighted by atomic mass is 10.0. The Labute approximate surface area is 146 Å². The van der Waals surface area contributed by atoms with Crippen molar-refractivity contribution in [1.82, 2.24) is 0 Å². The maximum atomic E-state index is 6.78. The van der Waals surface area contributed by atoms with Gasteiger partial charge >= 0.3 is 0 Å². The van der Waals surface area contributed by atoms with Crippen LogP contribution in [-0.2, 0) is 4.43 Å². The molecule has 1 nitrogen and oxygen atoms in total. The van der Waals surface area contributed by atoms with Gasteiger partial charge in [-0.2, -0.15) is 0 Å². The molecule has 0 bridgehead atoms. The molecular weight excluding hydrogens is 484 g/mol. The first-order valence-electron chi connectivity index (χ1n) is 6.89. The second kappa shape index (κ2) is 5.60. The normalized spacial score (nSPS) is 33.2. The van der Waals surface area contributed by atoms with Crippen molar-refractivity contribution in [3.63, 3.8) is 0 Å². The summed E-state index contributed by atoms with van der Waals surface area (Å²) in [6.07, 6.45) is 2.13. The van der Waals surface area contributed by atoms with Gasteiger partial charge in [-0.25, -0.2) is 0 Å². The molecule has 1 aliphatic heterocycles. The van der Waals surface area contributed by atoms with E-state index in [0.717, 1.165) is 12.8 Å². The standard InChI is InChI=1S/C12H27Br3OSi3/c1-11(8-9-12(13,14)15)10-17(2,3)19(6,7)18(4,5)16-11/h8-10H2,1-7H3. The molecule has 0 aliphatic carbocycles. The average Bonchev–Trinajstić information content (AvgIpc) is 2.09. The zero-order chi connectivity index (χ0) is 15.3. The molecule has 0 spiro atoms. The molecule has 0 aromatic heterocycles. The first kappa shape index (κ1) is 19.1. The van der Waals surface area contributed by atoms with Gasteiger partial charge in [0.25, 0.3) is 0 Å². The predicted octanol–water partition coefficient (Wildman–Crippen LogP) is 6.17. The summed E-state index contributed by atoms with van der Waals surface area (Å²) in [6, 6.07) is 1.32. The first-order chi connectivity index (χ1) is 8.12. The van der Waals surface area contributed by atoms with Gasteiger partial charge in [0.05, 0.1) is 12.7 Å². The van der Waals surface area contributed by atoms with Gasteiger partial charge in [-0.3, -0.25) is 0 Å². The molecule has 19 heavy (non-hydrogen) atoms. The summed E-state index contributed by atoms with van der Waals surface area (Å²) in [5.41, 5.74) is 0.0779. The molecule has 1 rings (SSSR count). The quantitative estimate of drug-likeness (QED) is 0.318. The van der Waals surface area contributed by atoms with Crippen molar-refractivity contribution >= 4 is 70.3 Å². The molecule has 1 fully saturated rings. The van der Waals surface area contributed by atoms with E-state index < -0.39 is 22.5 Å². The molecule has 1 saturated heterocycles. The van der Waals surface area contributed by atoms with Gasteiger partial charge in [0.2, 0.25) is 0 Å². The second-order valence-corrected chi connectivity index (χ2v) is 42.4. The average molecular weight is 511 g/mol. The van der Waals surface area contributed by atoms with Gasteiger partial charge in [0.15, 0.2) is 7.83 Å². The fourth-order valence-corrected chi connectivity index (χ4v) is 34.7. The molecular formula is C12H27Br3OSi3. The summed E-state index contributed by atoms with van der Waals surface area (Å²) in [5.74, 6) is 0. The smallest absolute Gasteiger partial charge is 0.172 e. The summed E-state index contributed by atoms with van der Waals surface area (Å²) >= 11 is 10.9. The largest absolute Gasteiger partial charge is 0.415 e. The summed E-state index contributed by atoms with van der Waals surface area (Å²) in [5, 5.41) is 0. The van der Waals surface area contributed by atoms with Crippen LogP contribution in [0.25, 0.3) is 0 Å². The van der Waals surface area contributed by atoms with Crippen LogP contribution in [0, 0.1) is 0 Å². The zero-order valence-electron chi connectivity index (χ0n) is 13.2. The van der Waals surface area contributed by atoms with E-state index in [1.807, 2.05) is 0 Å². The highest BCUT2D eigenvalue weighted by Crippen LogP contribution is 2.48. The number of hydrogen-bond acceptors (Lipinski definition) is 1. The summed E-state index contributed by atoms with van der Waals surface area (Å²) in [7, 11) is -3.88. The molecule has 0 amide bonds. The fourth-order valence-electron chi connectivity index (χ4n) is 3.30. The summed E-state index contributed by atoms with van der Waals surface area (Å²) in [6.45, 7) is 17.7. The number of hydrogen-bond donors (Lipinski definition) is 0. The molecule has 7 heteroatoms. The topological polar surface area (TPSA) is 9.23 Å². The SMILES string of the molecule is CC1(CCC(Br)(Br)Br)C[Si](C)(C)[Si](C)(C)[Si](C)(C)O1. The lowest BCUT2D eigenvalue weighted by Crippen LogP contribution is -2.78. The zero-order valence-corrected chi connectivity index (χ0v) is 20.9. The molecule has 0 saturated carbocycles. The van der Waals surface area contributed by atoms with Gasteiger partial charge in [-0.1, -0.05) is 74.0 Å². The van der Waals surface area contributed by atoms with E-state index in [0.29, 0.717) is 0 Å². The monoisotopic (exact) mass is 508 g/mol. The number of alkyl halides is 3. The van der Waals surface area contributed by atoms with Crippen molar-refractivity contribution in [2.24, 2.45) is 0 Å². The molecule has 1 atom stereocenters. The van der Waals surface area contributed by atoms with E-state index in [9.17, 15) is 0 Å². The minimum absolute atomic E-state index is 0.0779. The Kier molecular flexibility index (Phi) is 5.63. The van der Waals surface area contributed by atoms with Gasteiger partial charge in [0, 0.05) is 7.59 Å². The second-order valence-electron chi connectivity index (χ2n) is 7.86. The van der Waals surface area contributed by atoms with E-state index in [4.69, 9.17) is 4.43 Å². The Bertz CT molecular complexity index is 331. The van der Waals surface area contributed by atoms with Crippen LogP contribution < -0.4 is 0 Å². The number of rotatable bonds is 2. The highest BCUT2D eigenvalue weighted by Gasteiger charge is 2.61. The van der Waals surface area contributed by atoms with Gasteiger partial charge in [-0.15, -0.1) is 0 Å². The molecule has 1 aliphatic rings. The van der Waals surface area contributed by atoms with Crippen LogP contribution in [0.3, 0.4) is 0 Å². The van der Waals surface area contributed by atoms with Crippen molar-refractivity contribution in [3.05, 3.63) is 0 Å². The Balaban J connectivity index is 2.96. The van der Waals surface area contributed by atoms with E-state index in [2.05, 4.69) is 94.0 Å². The van der Waals surface area contributed by atoms with E-state index >= 15 is 0 Å². The van der Waals surface area contributed by atoms with Crippen LogP contribution in [0.4, 0.5) is 0 Å². The minimum atomic E-state index is -1.53. The highest BCUT2D eigenvalue weighted by atomic mass is 80.0. The van der Waals surface area contributed by atoms with Crippen LogP contribution in [0.1, 0.15) is 19.8 Å². The predicted molar refractivity (Wildman–Crippen MR) is 105 cm³/mol. The van der Waals surface area contributed by atoms with Crippen molar-refractivity contribution in [3.8, 4) is 0 Å². The Morgan fingerprint density at radius 1 is 1.05 bits per heavy atom. The molecule has 0 radical (unpaired) electrons. The first-order valence-corrected chi connectivity index (χ1v) is 20.4. The molecule has 1 unspecified atom stereocenters. The molecule has 0 aromatic carbocycles. The van der Waals surface area contributed by atoms with Crippen LogP contribution in [0.5, 0.6) is 0 Å². The van der Waals surface area contributed by atoms with E-state index in [1.165, 1.54) is 6.04 Å². The van der Waals surface area contributed by atoms with Gasteiger partial charge < -0.3 is 4.43 Å². The van der Waals surface area contributed by atoms with Crippen molar-refractivity contribution in [1.29, 1.82) is 0 Å². The third-order valence-corrected chi connectivity index (χ3v) is 47.2. The Morgan fingerprint density at radius 3 is 1.89 bits per heavy atom. The fraction of sp³-hybridized carbons (Fsp3) is 1.00. The van der Waals surface area contributed by atoms with Crippen molar-refractivity contribution in [2.45, 2.75) is 72.8 Å². The van der Waals surface area contributed by atoms with Crippen LogP contribution in [0.15, 0.2) is 0 Å². The van der Waals surface area contributed by atoms with E-state index in [1.54, 1.807) is 0 Å². The molecule has 1 heterocycles. The van der Waals surface area contributed by atoms with Gasteiger partial charge in [0.1, 0.15) is 2.14 Å². The third-order valence-electron chi connectivity index (χ3n) is 5.45. The maximum absolute atomic E-state index is 6.78. The Hall–Kier alpha value is 2.05. The van der Waals surface area contributed by atoms with Crippen LogP contribution in [0.2, 0.25) is 45.3 Å². The van der Waals surface area contributed by atoms with E-state index in [-0.39, 0.29) is 7.74 Å². The molecule has 114 valence electrons. The van der Waals surface area contributed by atoms with Crippen LogP contribution in [-0.4, -0.2) is 30.3 Å². The van der Waals surface area contributed by atoms with Crippen LogP contribution >= 0.6 is 47.8 Å². The van der Waals surface area contributed by atoms with Gasteiger partial charge in [-0.05, 0) is 38.9 Å². The lowest BCUT2D eigenvalue weighted by molar-refractivity contribution is 0.0898. The lowest BCUT2D eigenvalue weighted by Gasteiger charge is -2.58. The number of halogens is 3. The molecule has 0 N–H and O–H groups in total.